The van der Waals surface area contributed by atoms with Crippen molar-refractivity contribution in [2.45, 2.75) is 19.2 Å². The fraction of sp³-hybridized carbons (Fsp3) is 0.368. The van der Waals surface area contributed by atoms with Crippen LogP contribution in [0.4, 0.5) is 13.2 Å². The zero-order chi connectivity index (χ0) is 25.6. The van der Waals surface area contributed by atoms with Gasteiger partial charge in [-0.25, -0.2) is 9.78 Å². The number of amides is 1. The van der Waals surface area contributed by atoms with E-state index in [0.717, 1.165) is 5.69 Å². The molecule has 0 radical (unpaired) electrons. The third-order valence-corrected chi connectivity index (χ3v) is 6.52. The highest BCUT2D eigenvalue weighted by Gasteiger charge is 2.38. The number of nitrogens with zero attached hydrogens (tertiary/aromatic N) is 1. The minimum atomic E-state index is -5.08. The van der Waals surface area contributed by atoms with Gasteiger partial charge in [0.15, 0.2) is 11.5 Å². The van der Waals surface area contributed by atoms with Crippen LogP contribution in [-0.4, -0.2) is 64.4 Å². The van der Waals surface area contributed by atoms with Crippen LogP contribution >= 0.6 is 32.9 Å². The van der Waals surface area contributed by atoms with Crippen LogP contribution in [0, 0.1) is 0 Å². The van der Waals surface area contributed by atoms with Crippen molar-refractivity contribution in [3.8, 4) is 11.5 Å². The van der Waals surface area contributed by atoms with E-state index in [9.17, 15) is 22.8 Å². The van der Waals surface area contributed by atoms with E-state index in [-0.39, 0.29) is 12.3 Å². The lowest BCUT2D eigenvalue weighted by Crippen LogP contribution is -2.25. The van der Waals surface area contributed by atoms with Gasteiger partial charge in [0.2, 0.25) is 0 Å². The zero-order valence-electron chi connectivity index (χ0n) is 17.7. The number of carboxylic acids is 2. The van der Waals surface area contributed by atoms with E-state index in [4.69, 9.17) is 24.5 Å². The van der Waals surface area contributed by atoms with E-state index in [1.54, 1.807) is 23.7 Å². The van der Waals surface area contributed by atoms with Crippen molar-refractivity contribution < 1.29 is 47.2 Å². The maximum atomic E-state index is 12.2. The molecule has 0 aliphatic heterocycles. The molecule has 0 unspecified atom stereocenters. The Balaban J connectivity index is 0.000000718. The molecule has 0 saturated carbocycles. The van der Waals surface area contributed by atoms with Gasteiger partial charge in [-0.1, -0.05) is 21.6 Å². The van der Waals surface area contributed by atoms with Crippen LogP contribution in [0.15, 0.2) is 29.1 Å². The Morgan fingerprint density at radius 1 is 1.15 bits per heavy atom. The number of ether oxygens (including phenoxy) is 2. The molecule has 0 saturated heterocycles. The molecule has 1 aromatic heterocycles. The minimum absolute atomic E-state index is 0.140. The molecule has 0 fully saturated rings. The number of aliphatic carboxylic acids is 2. The number of methoxy groups -OCH3 is 1. The van der Waals surface area contributed by atoms with Crippen LogP contribution < -0.4 is 14.8 Å². The summed E-state index contributed by atoms with van der Waals surface area (Å²) in [7, 11) is 4.55. The average molecular weight is 543 g/mol. The highest BCUT2D eigenvalue weighted by molar-refractivity contribution is 8.76. The second-order valence-electron chi connectivity index (χ2n) is 5.98. The first-order chi connectivity index (χ1) is 16.0. The molecule has 34 heavy (non-hydrogen) atoms. The standard InChI is InChI=1S/C17H20N2O5S3.C2HF3O2/c1-23-15-8-12(2-3-14(15)24-9-13-10-25-11-19-13)17(22)18-5-7-27-26-6-4-16(20)21;3-2(4,5)1(6)7/h2-3,8,10-11H,4-7,9H2,1H3,(H,18,22)(H,20,21);(H,6,7). The monoisotopic (exact) mass is 542 g/mol. The number of alkyl halides is 3. The van der Waals surface area contributed by atoms with Crippen LogP contribution in [0.5, 0.6) is 11.5 Å². The fourth-order valence-electron chi connectivity index (χ4n) is 1.94. The number of nitrogens with one attached hydrogen (secondary N) is 1. The van der Waals surface area contributed by atoms with Gasteiger partial charge in [0.1, 0.15) is 6.61 Å². The fourth-order valence-corrected chi connectivity index (χ4v) is 4.37. The summed E-state index contributed by atoms with van der Waals surface area (Å²) in [5.74, 6) is -1.48. The second kappa shape index (κ2) is 15.3. The molecule has 0 aliphatic rings. The lowest BCUT2D eigenvalue weighted by Gasteiger charge is -2.11. The van der Waals surface area contributed by atoms with Gasteiger partial charge in [-0.05, 0) is 18.2 Å². The number of hydrogen-bond acceptors (Lipinski definition) is 9. The third kappa shape index (κ3) is 12.0. The van der Waals surface area contributed by atoms with Gasteiger partial charge in [0.25, 0.3) is 5.91 Å². The highest BCUT2D eigenvalue weighted by atomic mass is 33.1. The number of aromatic nitrogens is 1. The SMILES string of the molecule is COc1cc(C(=O)NCCSSCCC(=O)O)ccc1OCc1cscn1.O=C(O)C(F)(F)F. The Morgan fingerprint density at radius 2 is 1.82 bits per heavy atom. The number of hydrogen-bond donors (Lipinski definition) is 3. The lowest BCUT2D eigenvalue weighted by atomic mass is 10.2. The quantitative estimate of drug-likeness (QED) is 0.267. The number of benzene rings is 1. The maximum Gasteiger partial charge on any atom is 0.490 e. The van der Waals surface area contributed by atoms with Gasteiger partial charge in [-0.15, -0.1) is 11.3 Å². The van der Waals surface area contributed by atoms with E-state index >= 15 is 0 Å². The molecule has 0 atom stereocenters. The number of carbonyl (C=O) groups excluding carboxylic acids is 1. The molecule has 0 aliphatic carbocycles. The van der Waals surface area contributed by atoms with E-state index in [2.05, 4.69) is 10.3 Å². The topological polar surface area (TPSA) is 135 Å². The van der Waals surface area contributed by atoms with Gasteiger partial charge < -0.3 is 25.0 Å². The van der Waals surface area contributed by atoms with Crippen molar-refractivity contribution >= 4 is 50.8 Å². The summed E-state index contributed by atoms with van der Waals surface area (Å²) in [5, 5.41) is 20.4. The predicted octanol–water partition coefficient (Wildman–Crippen LogP) is 3.95. The molecule has 188 valence electrons. The van der Waals surface area contributed by atoms with Gasteiger partial charge in [0.05, 0.1) is 24.7 Å². The molecular formula is C19H21F3N2O7S3. The Bertz CT molecular complexity index is 928. The highest BCUT2D eigenvalue weighted by Crippen LogP contribution is 2.29. The summed E-state index contributed by atoms with van der Waals surface area (Å²) in [4.78, 5) is 35.7. The van der Waals surface area contributed by atoms with Crippen LogP contribution in [0.2, 0.25) is 0 Å². The van der Waals surface area contributed by atoms with Gasteiger partial charge in [-0.3, -0.25) is 9.59 Å². The molecule has 1 amide bonds. The molecule has 3 N–H and O–H groups in total. The number of carbonyl (C=O) groups is 3. The summed E-state index contributed by atoms with van der Waals surface area (Å²) in [5.41, 5.74) is 3.06. The summed E-state index contributed by atoms with van der Waals surface area (Å²) >= 11 is 1.50. The molecule has 0 spiro atoms. The van der Waals surface area contributed by atoms with E-state index in [1.165, 1.54) is 40.0 Å². The van der Waals surface area contributed by atoms with Crippen LogP contribution in [-0.2, 0) is 16.2 Å². The van der Waals surface area contributed by atoms with E-state index in [1.807, 2.05) is 5.38 Å². The third-order valence-electron chi connectivity index (χ3n) is 3.48. The molecule has 2 rings (SSSR count). The predicted molar refractivity (Wildman–Crippen MR) is 123 cm³/mol. The Kier molecular flexibility index (Phi) is 13.2. The van der Waals surface area contributed by atoms with E-state index < -0.39 is 18.1 Å². The number of halogens is 3. The Hall–Kier alpha value is -2.65. The Labute approximate surface area is 204 Å². The van der Waals surface area contributed by atoms with Crippen molar-refractivity contribution in [3.63, 3.8) is 0 Å². The van der Waals surface area contributed by atoms with Crippen LogP contribution in [0.3, 0.4) is 0 Å². The van der Waals surface area contributed by atoms with Crippen molar-refractivity contribution in [1.29, 1.82) is 0 Å². The smallest absolute Gasteiger partial charge is 0.490 e. The summed E-state index contributed by atoms with van der Waals surface area (Å²) < 4.78 is 42.8. The molecule has 15 heteroatoms. The first kappa shape index (κ1) is 29.4. The van der Waals surface area contributed by atoms with Crippen molar-refractivity contribution in [2.24, 2.45) is 0 Å². The van der Waals surface area contributed by atoms with E-state index in [0.29, 0.717) is 41.7 Å². The number of rotatable bonds is 12. The molecule has 1 heterocycles. The minimum Gasteiger partial charge on any atom is -0.493 e. The molecule has 9 nitrogen and oxygen atoms in total. The summed E-state index contributed by atoms with van der Waals surface area (Å²) in [6.45, 7) is 0.829. The van der Waals surface area contributed by atoms with Crippen LogP contribution in [0.25, 0.3) is 0 Å². The molecule has 1 aromatic carbocycles. The normalized spacial score (nSPS) is 10.6. The number of thiazole rings is 1. The van der Waals surface area contributed by atoms with Gasteiger partial charge in [0, 0.05) is 29.0 Å². The summed E-state index contributed by atoms with van der Waals surface area (Å²) in [6.07, 6.45) is -4.94. The number of carboxylic acid groups (broad SMARTS) is 2. The summed E-state index contributed by atoms with van der Waals surface area (Å²) in [6, 6.07) is 5.03. The van der Waals surface area contributed by atoms with Crippen molar-refractivity contribution in [1.82, 2.24) is 10.3 Å². The van der Waals surface area contributed by atoms with Crippen LogP contribution in [0.1, 0.15) is 22.5 Å². The van der Waals surface area contributed by atoms with Gasteiger partial charge in [-0.2, -0.15) is 13.2 Å². The van der Waals surface area contributed by atoms with Crippen molar-refractivity contribution in [3.05, 3.63) is 40.3 Å². The molecular weight excluding hydrogens is 521 g/mol. The first-order valence-corrected chi connectivity index (χ1v) is 12.7. The molecule has 2 aromatic rings. The van der Waals surface area contributed by atoms with Gasteiger partial charge >= 0.3 is 18.1 Å². The lowest BCUT2D eigenvalue weighted by molar-refractivity contribution is -0.192. The maximum absolute atomic E-state index is 12.2. The van der Waals surface area contributed by atoms with Crippen molar-refractivity contribution in [2.75, 3.05) is 25.2 Å². The average Bonchev–Trinajstić information content (AvgIpc) is 3.30. The second-order valence-corrected chi connectivity index (χ2v) is 9.40. The largest absolute Gasteiger partial charge is 0.493 e. The first-order valence-electron chi connectivity index (χ1n) is 9.27. The molecule has 0 bridgehead atoms. The Morgan fingerprint density at radius 3 is 2.38 bits per heavy atom. The zero-order valence-corrected chi connectivity index (χ0v) is 20.1.